The average molecular weight is 312 g/mol. The number of hydrogen-bond acceptors (Lipinski definition) is 3. The predicted molar refractivity (Wildman–Crippen MR) is 75.3 cm³/mol. The molecule has 0 aromatic heterocycles. The molecule has 0 saturated heterocycles. The molecule has 0 aliphatic carbocycles. The van der Waals surface area contributed by atoms with Crippen LogP contribution in [0.4, 0.5) is 30.2 Å². The van der Waals surface area contributed by atoms with E-state index in [0.29, 0.717) is 11.4 Å². The molecule has 0 fully saturated rings. The van der Waals surface area contributed by atoms with Crippen LogP contribution >= 0.6 is 11.6 Å². The van der Waals surface area contributed by atoms with E-state index in [4.69, 9.17) is 22.6 Å². The number of benzene rings is 2. The van der Waals surface area contributed by atoms with Crippen molar-refractivity contribution in [1.82, 2.24) is 0 Å². The van der Waals surface area contributed by atoms with Crippen LogP contribution in [-0.4, -0.2) is 0 Å². The van der Waals surface area contributed by atoms with E-state index in [1.54, 1.807) is 6.07 Å². The topological polar surface area (TPSA) is 61.8 Å². The Labute approximate surface area is 123 Å². The Morgan fingerprint density at radius 3 is 2.48 bits per heavy atom. The second kappa shape index (κ2) is 5.54. The lowest BCUT2D eigenvalue weighted by Crippen LogP contribution is -2.05. The van der Waals surface area contributed by atoms with Crippen LogP contribution in [0.3, 0.4) is 0 Å². The zero-order valence-corrected chi connectivity index (χ0v) is 11.3. The summed E-state index contributed by atoms with van der Waals surface area (Å²) in [4.78, 5) is 0. The normalized spacial score (nSPS) is 11.0. The van der Waals surface area contributed by atoms with E-state index in [0.717, 1.165) is 12.1 Å². The summed E-state index contributed by atoms with van der Waals surface area (Å²) in [6, 6.07) is 9.50. The Hall–Kier alpha value is -2.39. The lowest BCUT2D eigenvalue weighted by molar-refractivity contribution is -0.137. The van der Waals surface area contributed by atoms with Gasteiger partial charge in [0.1, 0.15) is 6.07 Å². The molecule has 0 amide bonds. The van der Waals surface area contributed by atoms with Crippen molar-refractivity contribution in [3.05, 3.63) is 52.5 Å². The van der Waals surface area contributed by atoms with Crippen molar-refractivity contribution >= 4 is 28.7 Å². The standard InChI is InChI=1S/C14H9ClF3N3/c15-10-4-9(14(16,17)18)5-12(6-10)21-13-2-1-11(20)3-8(13)7-19/h1-6,21H,20H2. The quantitative estimate of drug-likeness (QED) is 0.799. The lowest BCUT2D eigenvalue weighted by atomic mass is 10.1. The zero-order chi connectivity index (χ0) is 15.6. The van der Waals surface area contributed by atoms with Crippen LogP contribution in [0.25, 0.3) is 0 Å². The molecule has 0 radical (unpaired) electrons. The van der Waals surface area contributed by atoms with Crippen LogP contribution in [0.5, 0.6) is 0 Å². The van der Waals surface area contributed by atoms with Crippen molar-refractivity contribution in [2.45, 2.75) is 6.18 Å². The van der Waals surface area contributed by atoms with Crippen molar-refractivity contribution in [2.24, 2.45) is 0 Å². The van der Waals surface area contributed by atoms with E-state index in [1.165, 1.54) is 18.2 Å². The molecule has 2 aromatic carbocycles. The first-order chi connectivity index (χ1) is 9.79. The van der Waals surface area contributed by atoms with Gasteiger partial charge in [0.2, 0.25) is 0 Å². The molecule has 21 heavy (non-hydrogen) atoms. The second-order valence-corrected chi connectivity index (χ2v) is 4.70. The number of rotatable bonds is 2. The number of halogens is 4. The first kappa shape index (κ1) is 15.0. The SMILES string of the molecule is N#Cc1cc(N)ccc1Nc1cc(Cl)cc(C(F)(F)F)c1. The van der Waals surface area contributed by atoms with E-state index in [9.17, 15) is 13.2 Å². The molecule has 0 heterocycles. The highest BCUT2D eigenvalue weighted by Crippen LogP contribution is 2.34. The summed E-state index contributed by atoms with van der Waals surface area (Å²) in [7, 11) is 0. The van der Waals surface area contributed by atoms with Gasteiger partial charge < -0.3 is 11.1 Å². The van der Waals surface area contributed by atoms with Crippen molar-refractivity contribution in [3.63, 3.8) is 0 Å². The highest BCUT2D eigenvalue weighted by Gasteiger charge is 2.31. The van der Waals surface area contributed by atoms with E-state index < -0.39 is 11.7 Å². The highest BCUT2D eigenvalue weighted by molar-refractivity contribution is 6.31. The average Bonchev–Trinajstić information content (AvgIpc) is 2.39. The van der Waals surface area contributed by atoms with Crippen LogP contribution in [0.15, 0.2) is 36.4 Å². The Kier molecular flexibility index (Phi) is 3.96. The van der Waals surface area contributed by atoms with Gasteiger partial charge in [0.15, 0.2) is 0 Å². The molecular formula is C14H9ClF3N3. The molecule has 0 atom stereocenters. The third-order valence-corrected chi connectivity index (χ3v) is 2.89. The van der Waals surface area contributed by atoms with Gasteiger partial charge in [0, 0.05) is 16.4 Å². The van der Waals surface area contributed by atoms with Gasteiger partial charge in [0.25, 0.3) is 0 Å². The predicted octanol–water partition coefficient (Wildman–Crippen LogP) is 4.56. The number of alkyl halides is 3. The summed E-state index contributed by atoms with van der Waals surface area (Å²) in [5.41, 5.74) is 5.78. The largest absolute Gasteiger partial charge is 0.416 e. The van der Waals surface area contributed by atoms with Gasteiger partial charge in [-0.3, -0.25) is 0 Å². The maximum absolute atomic E-state index is 12.7. The van der Waals surface area contributed by atoms with E-state index in [2.05, 4.69) is 5.32 Å². The molecule has 2 rings (SSSR count). The Morgan fingerprint density at radius 1 is 1.14 bits per heavy atom. The van der Waals surface area contributed by atoms with Crippen molar-refractivity contribution in [1.29, 1.82) is 5.26 Å². The van der Waals surface area contributed by atoms with E-state index >= 15 is 0 Å². The second-order valence-electron chi connectivity index (χ2n) is 4.27. The number of nitriles is 1. The summed E-state index contributed by atoms with van der Waals surface area (Å²) in [5, 5.41) is 11.7. The minimum atomic E-state index is -4.50. The van der Waals surface area contributed by atoms with Crippen LogP contribution in [0, 0.1) is 11.3 Å². The number of nitrogen functional groups attached to an aromatic ring is 1. The summed E-state index contributed by atoms with van der Waals surface area (Å²) in [6.45, 7) is 0. The van der Waals surface area contributed by atoms with E-state index in [1.807, 2.05) is 6.07 Å². The molecule has 0 bridgehead atoms. The summed E-state index contributed by atoms with van der Waals surface area (Å²) in [5.74, 6) is 0. The van der Waals surface area contributed by atoms with Crippen LogP contribution in [-0.2, 0) is 6.18 Å². The van der Waals surface area contributed by atoms with Crippen LogP contribution < -0.4 is 11.1 Å². The molecule has 0 spiro atoms. The molecule has 0 aliphatic heterocycles. The fourth-order valence-corrected chi connectivity index (χ4v) is 1.98. The van der Waals surface area contributed by atoms with E-state index in [-0.39, 0.29) is 16.3 Å². The van der Waals surface area contributed by atoms with Gasteiger partial charge in [-0.2, -0.15) is 18.4 Å². The molecule has 108 valence electrons. The summed E-state index contributed by atoms with van der Waals surface area (Å²) >= 11 is 5.70. The molecule has 3 N–H and O–H groups in total. The summed E-state index contributed by atoms with van der Waals surface area (Å²) < 4.78 is 38.2. The molecule has 0 aliphatic rings. The maximum Gasteiger partial charge on any atom is 0.416 e. The molecule has 0 saturated carbocycles. The van der Waals surface area contributed by atoms with Gasteiger partial charge in [-0.1, -0.05) is 11.6 Å². The van der Waals surface area contributed by atoms with Gasteiger partial charge in [-0.25, -0.2) is 0 Å². The smallest absolute Gasteiger partial charge is 0.399 e. The Bertz CT molecular complexity index is 720. The number of nitrogens with one attached hydrogen (secondary N) is 1. The number of hydrogen-bond donors (Lipinski definition) is 2. The third-order valence-electron chi connectivity index (χ3n) is 2.67. The third kappa shape index (κ3) is 3.58. The zero-order valence-electron chi connectivity index (χ0n) is 10.5. The molecule has 2 aromatic rings. The molecule has 0 unspecified atom stereocenters. The first-order valence-corrected chi connectivity index (χ1v) is 6.12. The monoisotopic (exact) mass is 311 g/mol. The van der Waals surface area contributed by atoms with Gasteiger partial charge in [-0.15, -0.1) is 0 Å². The molecule has 3 nitrogen and oxygen atoms in total. The fraction of sp³-hybridized carbons (Fsp3) is 0.0714. The van der Waals surface area contributed by atoms with Crippen molar-refractivity contribution in [2.75, 3.05) is 11.1 Å². The highest BCUT2D eigenvalue weighted by atomic mass is 35.5. The van der Waals surface area contributed by atoms with Crippen LogP contribution in [0.1, 0.15) is 11.1 Å². The van der Waals surface area contributed by atoms with Crippen molar-refractivity contribution in [3.8, 4) is 6.07 Å². The first-order valence-electron chi connectivity index (χ1n) is 5.74. The number of nitrogens with zero attached hydrogens (tertiary/aromatic N) is 1. The summed E-state index contributed by atoms with van der Waals surface area (Å²) in [6.07, 6.45) is -4.50. The van der Waals surface area contributed by atoms with Gasteiger partial charge in [0.05, 0.1) is 16.8 Å². The molecule has 7 heteroatoms. The van der Waals surface area contributed by atoms with Gasteiger partial charge >= 0.3 is 6.18 Å². The van der Waals surface area contributed by atoms with Gasteiger partial charge in [-0.05, 0) is 36.4 Å². The fourth-order valence-electron chi connectivity index (χ4n) is 1.74. The number of nitrogens with two attached hydrogens (primary N) is 1. The number of anilines is 3. The van der Waals surface area contributed by atoms with Crippen LogP contribution in [0.2, 0.25) is 5.02 Å². The minimum Gasteiger partial charge on any atom is -0.399 e. The molecular weight excluding hydrogens is 303 g/mol. The lowest BCUT2D eigenvalue weighted by Gasteiger charge is -2.12. The minimum absolute atomic E-state index is 0.0544. The Balaban J connectivity index is 2.41. The maximum atomic E-state index is 12.7. The Morgan fingerprint density at radius 2 is 1.86 bits per heavy atom. The van der Waals surface area contributed by atoms with Crippen molar-refractivity contribution < 1.29 is 13.2 Å².